The molecular formula is C26H32F3N5O. The number of carbonyl (C=O) groups excluding carboxylic acids is 1. The number of carbonyl (C=O) groups is 1. The number of hydrogen-bond donors (Lipinski definition) is 3. The van der Waals surface area contributed by atoms with Gasteiger partial charge in [-0.3, -0.25) is 10.2 Å². The molecule has 0 bridgehead atoms. The van der Waals surface area contributed by atoms with Crippen molar-refractivity contribution in [3.05, 3.63) is 54.1 Å². The molecule has 2 aromatic carbocycles. The number of nitrogens with zero attached hydrogens (tertiary/aromatic N) is 2. The van der Waals surface area contributed by atoms with Crippen molar-refractivity contribution in [3.8, 4) is 0 Å². The molecule has 0 radical (unpaired) electrons. The quantitative estimate of drug-likeness (QED) is 0.506. The summed E-state index contributed by atoms with van der Waals surface area (Å²) in [7, 11) is 0. The van der Waals surface area contributed by atoms with Crippen molar-refractivity contribution in [2.24, 2.45) is 11.8 Å². The number of likely N-dealkylation sites (tertiary alicyclic amines) is 1. The van der Waals surface area contributed by atoms with E-state index in [-0.39, 0.29) is 24.7 Å². The molecule has 6 nitrogen and oxygen atoms in total. The van der Waals surface area contributed by atoms with Gasteiger partial charge in [0.15, 0.2) is 0 Å². The number of nitrogens with one attached hydrogen (secondary N) is 3. The summed E-state index contributed by atoms with van der Waals surface area (Å²) in [4.78, 5) is 16.4. The van der Waals surface area contributed by atoms with Gasteiger partial charge in [-0.15, -0.1) is 0 Å². The minimum absolute atomic E-state index is 0.0179. The van der Waals surface area contributed by atoms with E-state index in [9.17, 15) is 18.0 Å². The maximum atomic E-state index is 12.9. The Morgan fingerprint density at radius 2 is 1.63 bits per heavy atom. The van der Waals surface area contributed by atoms with Crippen LogP contribution in [-0.2, 0) is 11.3 Å². The molecule has 2 fully saturated rings. The van der Waals surface area contributed by atoms with Crippen LogP contribution in [-0.4, -0.2) is 49.0 Å². The van der Waals surface area contributed by atoms with Gasteiger partial charge in [0, 0.05) is 56.2 Å². The second kappa shape index (κ2) is 10.6. The third-order valence-electron chi connectivity index (χ3n) is 6.91. The third-order valence-corrected chi connectivity index (χ3v) is 6.91. The number of amidine groups is 1. The molecule has 0 spiro atoms. The van der Waals surface area contributed by atoms with E-state index in [1.165, 1.54) is 0 Å². The lowest BCUT2D eigenvalue weighted by Gasteiger charge is -2.34. The predicted molar refractivity (Wildman–Crippen MR) is 132 cm³/mol. The van der Waals surface area contributed by atoms with Crippen molar-refractivity contribution >= 4 is 28.8 Å². The fourth-order valence-corrected chi connectivity index (χ4v) is 4.73. The molecular weight excluding hydrogens is 455 g/mol. The van der Waals surface area contributed by atoms with Crippen molar-refractivity contribution in [2.75, 3.05) is 36.4 Å². The van der Waals surface area contributed by atoms with Gasteiger partial charge in [0.2, 0.25) is 5.91 Å². The Kier molecular flexibility index (Phi) is 7.52. The Bertz CT molecular complexity index is 1010. The summed E-state index contributed by atoms with van der Waals surface area (Å²) in [6.07, 6.45) is -3.33. The first-order valence-electron chi connectivity index (χ1n) is 12.1. The van der Waals surface area contributed by atoms with Gasteiger partial charge < -0.3 is 20.4 Å². The van der Waals surface area contributed by atoms with E-state index in [2.05, 4.69) is 10.6 Å². The molecule has 188 valence electrons. The molecule has 3 N–H and O–H groups in total. The van der Waals surface area contributed by atoms with E-state index in [0.29, 0.717) is 38.4 Å². The fourth-order valence-electron chi connectivity index (χ4n) is 4.73. The third kappa shape index (κ3) is 6.26. The van der Waals surface area contributed by atoms with Crippen LogP contribution in [0.15, 0.2) is 48.5 Å². The van der Waals surface area contributed by atoms with E-state index < -0.39 is 12.1 Å². The zero-order valence-corrected chi connectivity index (χ0v) is 19.9. The van der Waals surface area contributed by atoms with Crippen molar-refractivity contribution in [2.45, 2.75) is 38.9 Å². The first-order chi connectivity index (χ1) is 16.7. The van der Waals surface area contributed by atoms with Crippen LogP contribution in [0.25, 0.3) is 0 Å². The Morgan fingerprint density at radius 1 is 1.03 bits per heavy atom. The first kappa shape index (κ1) is 24.9. The molecule has 2 aliphatic rings. The van der Waals surface area contributed by atoms with Crippen LogP contribution in [0.2, 0.25) is 0 Å². The van der Waals surface area contributed by atoms with Gasteiger partial charge in [-0.25, -0.2) is 0 Å². The maximum absolute atomic E-state index is 12.9. The van der Waals surface area contributed by atoms with Gasteiger partial charge in [0.1, 0.15) is 0 Å². The van der Waals surface area contributed by atoms with E-state index in [1.54, 1.807) is 0 Å². The van der Waals surface area contributed by atoms with Crippen molar-refractivity contribution in [1.29, 1.82) is 5.41 Å². The normalized spacial score (nSPS) is 19.2. The van der Waals surface area contributed by atoms with Gasteiger partial charge in [0.05, 0.1) is 17.7 Å². The monoisotopic (exact) mass is 487 g/mol. The van der Waals surface area contributed by atoms with Gasteiger partial charge in [0.25, 0.3) is 0 Å². The minimum Gasteiger partial charge on any atom is -0.372 e. The lowest BCUT2D eigenvalue weighted by atomic mass is 9.96. The first-order valence-corrected chi connectivity index (χ1v) is 12.1. The highest BCUT2D eigenvalue weighted by Crippen LogP contribution is 2.35. The van der Waals surface area contributed by atoms with Gasteiger partial charge >= 0.3 is 6.18 Å². The molecule has 4 rings (SSSR count). The molecule has 2 aliphatic heterocycles. The van der Waals surface area contributed by atoms with E-state index in [4.69, 9.17) is 5.41 Å². The van der Waals surface area contributed by atoms with Crippen LogP contribution in [0.4, 0.5) is 30.2 Å². The van der Waals surface area contributed by atoms with Crippen LogP contribution in [0.3, 0.4) is 0 Å². The van der Waals surface area contributed by atoms with Crippen molar-refractivity contribution in [1.82, 2.24) is 10.2 Å². The summed E-state index contributed by atoms with van der Waals surface area (Å²) in [6, 6.07) is 15.5. The molecule has 9 heteroatoms. The fraction of sp³-hybridized carbons (Fsp3) is 0.462. The number of piperidine rings is 1. The van der Waals surface area contributed by atoms with E-state index in [0.717, 1.165) is 29.2 Å². The molecule has 0 aromatic heterocycles. The Labute approximate surface area is 204 Å². The average Bonchev–Trinajstić information content (AvgIpc) is 3.24. The zero-order chi connectivity index (χ0) is 25.0. The molecule has 1 amide bonds. The molecule has 1 unspecified atom stereocenters. The largest absolute Gasteiger partial charge is 0.391 e. The summed E-state index contributed by atoms with van der Waals surface area (Å²) in [5, 5.41) is 14.2. The zero-order valence-electron chi connectivity index (χ0n) is 19.9. The SMILES string of the molecule is CCN1CC(C(=O)NCc2ccc(Nc3ccc(N4CCC(C(F)(F)F)CC4)cc3)cc2)CC1=N. The van der Waals surface area contributed by atoms with Crippen molar-refractivity contribution < 1.29 is 18.0 Å². The topological polar surface area (TPSA) is 71.5 Å². The number of hydrogen-bond acceptors (Lipinski definition) is 4. The molecule has 0 aliphatic carbocycles. The minimum atomic E-state index is -4.10. The highest BCUT2D eigenvalue weighted by Gasteiger charge is 2.41. The second-order valence-electron chi connectivity index (χ2n) is 9.28. The molecule has 0 saturated carbocycles. The molecule has 35 heavy (non-hydrogen) atoms. The van der Waals surface area contributed by atoms with Gasteiger partial charge in [-0.2, -0.15) is 13.2 Å². The van der Waals surface area contributed by atoms with E-state index >= 15 is 0 Å². The number of alkyl halides is 3. The van der Waals surface area contributed by atoms with Gasteiger partial charge in [-0.1, -0.05) is 12.1 Å². The van der Waals surface area contributed by atoms with Crippen molar-refractivity contribution in [3.63, 3.8) is 0 Å². The smallest absolute Gasteiger partial charge is 0.372 e. The predicted octanol–water partition coefficient (Wildman–Crippen LogP) is 5.14. The molecule has 2 aromatic rings. The van der Waals surface area contributed by atoms with Crippen LogP contribution in [0.1, 0.15) is 31.7 Å². The summed E-state index contributed by atoms with van der Waals surface area (Å²) < 4.78 is 38.6. The summed E-state index contributed by atoms with van der Waals surface area (Å²) >= 11 is 0. The summed E-state index contributed by atoms with van der Waals surface area (Å²) in [6.45, 7) is 4.61. The van der Waals surface area contributed by atoms with Crippen LogP contribution >= 0.6 is 0 Å². The summed E-state index contributed by atoms with van der Waals surface area (Å²) in [5.41, 5.74) is 3.72. The lowest BCUT2D eigenvalue weighted by molar-refractivity contribution is -0.179. The van der Waals surface area contributed by atoms with E-state index in [1.807, 2.05) is 65.3 Å². The highest BCUT2D eigenvalue weighted by atomic mass is 19.4. The maximum Gasteiger partial charge on any atom is 0.391 e. The second-order valence-corrected chi connectivity index (χ2v) is 9.28. The van der Waals surface area contributed by atoms with Gasteiger partial charge in [-0.05, 0) is 61.7 Å². The standard InChI is InChI=1S/C26H32F3N5O/c1-2-33-17-19(15-24(33)30)25(35)31-16-18-3-5-21(6-4-18)32-22-7-9-23(10-8-22)34-13-11-20(12-14-34)26(27,28)29/h3-10,19-20,30,32H,2,11-17H2,1H3,(H,31,35). The number of anilines is 3. The number of benzene rings is 2. The number of amides is 1. The van der Waals surface area contributed by atoms with Crippen LogP contribution in [0.5, 0.6) is 0 Å². The molecule has 2 saturated heterocycles. The number of rotatable bonds is 7. The molecule has 2 heterocycles. The summed E-state index contributed by atoms with van der Waals surface area (Å²) in [5.74, 6) is -0.847. The Morgan fingerprint density at radius 3 is 2.17 bits per heavy atom. The molecule has 1 atom stereocenters. The Hall–Kier alpha value is -3.23. The Balaban J connectivity index is 1.24. The highest BCUT2D eigenvalue weighted by molar-refractivity contribution is 5.90. The van der Waals surface area contributed by atoms with Crippen LogP contribution < -0.4 is 15.5 Å². The average molecular weight is 488 g/mol. The lowest BCUT2D eigenvalue weighted by Crippen LogP contribution is -2.38. The number of halogens is 3. The van der Waals surface area contributed by atoms with Crippen LogP contribution in [0, 0.1) is 17.2 Å².